The third-order valence-electron chi connectivity index (χ3n) is 5.59. The zero-order valence-electron chi connectivity index (χ0n) is 18.3. The second-order valence-electron chi connectivity index (χ2n) is 7.84. The van der Waals surface area contributed by atoms with E-state index in [2.05, 4.69) is 32.5 Å². The molecule has 164 valence electrons. The molecule has 0 aliphatic carbocycles. The van der Waals surface area contributed by atoms with E-state index in [1.165, 1.54) is 0 Å². The van der Waals surface area contributed by atoms with Crippen LogP contribution in [0.1, 0.15) is 37.4 Å². The average molecular weight is 424 g/mol. The molecule has 4 rings (SSSR count). The largest absolute Gasteiger partial charge is 0.495 e. The minimum absolute atomic E-state index is 0.00384. The zero-order chi connectivity index (χ0) is 21.8. The molecular formula is C23H29N5O3. The van der Waals surface area contributed by atoms with E-state index in [-0.39, 0.29) is 11.9 Å². The SMILES string of the molecule is CCNC(=O)CC1CON=C2/C(=C/c3ccc(-n4cnc(C)c4)c(OC)c3)CCCN21. The quantitative estimate of drug-likeness (QED) is 0.773. The van der Waals surface area contributed by atoms with E-state index in [0.717, 1.165) is 53.5 Å². The maximum absolute atomic E-state index is 12.1. The van der Waals surface area contributed by atoms with Gasteiger partial charge < -0.3 is 24.4 Å². The van der Waals surface area contributed by atoms with Gasteiger partial charge in [-0.3, -0.25) is 4.79 Å². The average Bonchev–Trinajstić information content (AvgIpc) is 3.20. The number of carbonyl (C=O) groups is 1. The number of rotatable bonds is 6. The van der Waals surface area contributed by atoms with Crippen molar-refractivity contribution in [2.45, 2.75) is 39.2 Å². The standard InChI is InChI=1S/C23H29N5O3/c1-4-24-22(29)12-19-14-31-26-23-18(6-5-9-28(19)23)10-17-7-8-20(21(11-17)30-3)27-13-16(2)25-15-27/h7-8,10-11,13,15,19H,4-6,9,12,14H2,1-3H3,(H,24,29)/b18-10+. The Balaban J connectivity index is 1.58. The van der Waals surface area contributed by atoms with Crippen molar-refractivity contribution >= 4 is 17.8 Å². The molecule has 2 aliphatic rings. The molecule has 1 amide bonds. The fourth-order valence-corrected chi connectivity index (χ4v) is 4.12. The molecular weight excluding hydrogens is 394 g/mol. The summed E-state index contributed by atoms with van der Waals surface area (Å²) in [6.45, 7) is 5.84. The lowest BCUT2D eigenvalue weighted by Crippen LogP contribution is -2.50. The van der Waals surface area contributed by atoms with Gasteiger partial charge in [0, 0.05) is 19.3 Å². The number of methoxy groups -OCH3 is 1. The monoisotopic (exact) mass is 423 g/mol. The summed E-state index contributed by atoms with van der Waals surface area (Å²) in [5, 5.41) is 7.22. The highest BCUT2D eigenvalue weighted by Crippen LogP contribution is 2.29. The molecule has 2 aliphatic heterocycles. The van der Waals surface area contributed by atoms with Gasteiger partial charge in [-0.15, -0.1) is 0 Å². The summed E-state index contributed by atoms with van der Waals surface area (Å²) in [5.74, 6) is 1.65. The number of amidine groups is 1. The zero-order valence-corrected chi connectivity index (χ0v) is 18.3. The number of fused-ring (bicyclic) bond motifs is 1. The van der Waals surface area contributed by atoms with Crippen LogP contribution in [-0.4, -0.2) is 59.0 Å². The number of piperidine rings is 1. The predicted molar refractivity (Wildman–Crippen MR) is 119 cm³/mol. The second-order valence-corrected chi connectivity index (χ2v) is 7.84. The summed E-state index contributed by atoms with van der Waals surface area (Å²) in [6, 6.07) is 6.12. The number of benzene rings is 1. The second kappa shape index (κ2) is 9.24. The van der Waals surface area contributed by atoms with Gasteiger partial charge >= 0.3 is 0 Å². The van der Waals surface area contributed by atoms with Gasteiger partial charge in [0.05, 0.1) is 37.3 Å². The summed E-state index contributed by atoms with van der Waals surface area (Å²) in [5.41, 5.74) is 4.03. The fraction of sp³-hybridized carbons (Fsp3) is 0.435. The van der Waals surface area contributed by atoms with E-state index in [0.29, 0.717) is 19.6 Å². The summed E-state index contributed by atoms with van der Waals surface area (Å²) in [6.07, 6.45) is 8.23. The van der Waals surface area contributed by atoms with E-state index >= 15 is 0 Å². The van der Waals surface area contributed by atoms with Crippen LogP contribution in [0.4, 0.5) is 0 Å². The molecule has 0 radical (unpaired) electrons. The van der Waals surface area contributed by atoms with Crippen molar-refractivity contribution in [1.29, 1.82) is 0 Å². The maximum atomic E-state index is 12.1. The number of nitrogens with zero attached hydrogens (tertiary/aromatic N) is 4. The van der Waals surface area contributed by atoms with Crippen molar-refractivity contribution in [1.82, 2.24) is 19.8 Å². The highest BCUT2D eigenvalue weighted by atomic mass is 16.6. The first kappa shape index (κ1) is 21.0. The minimum Gasteiger partial charge on any atom is -0.495 e. The van der Waals surface area contributed by atoms with E-state index in [4.69, 9.17) is 9.57 Å². The van der Waals surface area contributed by atoms with Crippen molar-refractivity contribution < 1.29 is 14.4 Å². The number of imidazole rings is 1. The molecule has 1 saturated heterocycles. The number of hydrogen-bond donors (Lipinski definition) is 1. The van der Waals surface area contributed by atoms with Gasteiger partial charge in [0.25, 0.3) is 0 Å². The molecule has 1 N–H and O–H groups in total. The van der Waals surface area contributed by atoms with Crippen molar-refractivity contribution in [2.75, 3.05) is 26.8 Å². The van der Waals surface area contributed by atoms with Gasteiger partial charge in [-0.1, -0.05) is 11.2 Å². The van der Waals surface area contributed by atoms with Gasteiger partial charge in [-0.25, -0.2) is 4.98 Å². The number of aromatic nitrogens is 2. The van der Waals surface area contributed by atoms with Crippen molar-refractivity contribution in [3.63, 3.8) is 0 Å². The molecule has 1 aromatic carbocycles. The number of oxime groups is 1. The van der Waals surface area contributed by atoms with Crippen LogP contribution in [0.5, 0.6) is 5.75 Å². The van der Waals surface area contributed by atoms with Crippen LogP contribution in [0.15, 0.2) is 41.5 Å². The van der Waals surface area contributed by atoms with Crippen LogP contribution < -0.4 is 10.1 Å². The summed E-state index contributed by atoms with van der Waals surface area (Å²) in [4.78, 5) is 24.1. The van der Waals surface area contributed by atoms with Gasteiger partial charge in [-0.2, -0.15) is 0 Å². The third-order valence-corrected chi connectivity index (χ3v) is 5.59. The molecule has 0 saturated carbocycles. The van der Waals surface area contributed by atoms with Crippen LogP contribution in [0.25, 0.3) is 11.8 Å². The molecule has 1 atom stereocenters. The predicted octanol–water partition coefficient (Wildman–Crippen LogP) is 2.91. The summed E-state index contributed by atoms with van der Waals surface area (Å²) in [7, 11) is 1.67. The number of hydrogen-bond acceptors (Lipinski definition) is 6. The Morgan fingerprint density at radius 3 is 3.03 bits per heavy atom. The minimum atomic E-state index is 0.00384. The molecule has 0 bridgehead atoms. The van der Waals surface area contributed by atoms with E-state index < -0.39 is 0 Å². The number of nitrogens with one attached hydrogen (secondary N) is 1. The number of ether oxygens (including phenoxy) is 1. The molecule has 0 spiro atoms. The fourth-order valence-electron chi connectivity index (χ4n) is 4.12. The maximum Gasteiger partial charge on any atom is 0.222 e. The topological polar surface area (TPSA) is 81.0 Å². The smallest absolute Gasteiger partial charge is 0.222 e. The van der Waals surface area contributed by atoms with Crippen molar-refractivity contribution in [3.05, 3.63) is 47.6 Å². The number of aryl methyl sites for hydroxylation is 1. The molecule has 1 fully saturated rings. The van der Waals surface area contributed by atoms with E-state index in [1.54, 1.807) is 13.4 Å². The Hall–Kier alpha value is -3.29. The van der Waals surface area contributed by atoms with Crippen LogP contribution in [-0.2, 0) is 9.63 Å². The third kappa shape index (κ3) is 4.57. The molecule has 1 unspecified atom stereocenters. The summed E-state index contributed by atoms with van der Waals surface area (Å²) >= 11 is 0. The Labute approximate surface area is 182 Å². The van der Waals surface area contributed by atoms with Gasteiger partial charge in [0.2, 0.25) is 5.91 Å². The molecule has 31 heavy (non-hydrogen) atoms. The first-order valence-corrected chi connectivity index (χ1v) is 10.7. The molecule has 8 nitrogen and oxygen atoms in total. The Morgan fingerprint density at radius 1 is 1.42 bits per heavy atom. The van der Waals surface area contributed by atoms with Crippen molar-refractivity contribution in [3.8, 4) is 11.4 Å². The molecule has 1 aromatic heterocycles. The Kier molecular flexibility index (Phi) is 6.25. The van der Waals surface area contributed by atoms with E-state index in [1.807, 2.05) is 36.7 Å². The lowest BCUT2D eigenvalue weighted by molar-refractivity contribution is -0.122. The first-order valence-electron chi connectivity index (χ1n) is 10.7. The lowest BCUT2D eigenvalue weighted by atomic mass is 9.97. The Morgan fingerprint density at radius 2 is 2.29 bits per heavy atom. The van der Waals surface area contributed by atoms with Crippen LogP contribution in [0, 0.1) is 6.92 Å². The molecule has 2 aromatic rings. The number of carbonyl (C=O) groups excluding carboxylic acids is 1. The van der Waals surface area contributed by atoms with Gasteiger partial charge in [0.15, 0.2) is 5.84 Å². The van der Waals surface area contributed by atoms with E-state index in [9.17, 15) is 4.79 Å². The number of amides is 1. The van der Waals surface area contributed by atoms with Crippen LogP contribution in [0.2, 0.25) is 0 Å². The molecule has 3 heterocycles. The van der Waals surface area contributed by atoms with Gasteiger partial charge in [0.1, 0.15) is 12.4 Å². The lowest BCUT2D eigenvalue weighted by Gasteiger charge is -2.39. The first-order chi connectivity index (χ1) is 15.1. The Bertz CT molecular complexity index is 1010. The summed E-state index contributed by atoms with van der Waals surface area (Å²) < 4.78 is 7.60. The van der Waals surface area contributed by atoms with Crippen LogP contribution >= 0.6 is 0 Å². The molecule has 8 heteroatoms. The van der Waals surface area contributed by atoms with Crippen molar-refractivity contribution in [2.24, 2.45) is 5.16 Å². The van der Waals surface area contributed by atoms with Gasteiger partial charge in [-0.05, 0) is 56.0 Å². The van der Waals surface area contributed by atoms with Crippen LogP contribution in [0.3, 0.4) is 0 Å². The highest BCUT2D eigenvalue weighted by molar-refractivity contribution is 6.03. The highest BCUT2D eigenvalue weighted by Gasteiger charge is 2.33. The normalized spacial score (nSPS) is 19.5.